The van der Waals surface area contributed by atoms with Gasteiger partial charge in [-0.1, -0.05) is 11.6 Å². The van der Waals surface area contributed by atoms with Crippen LogP contribution in [0.2, 0.25) is 5.15 Å². The molecule has 1 aromatic heterocycles. The first kappa shape index (κ1) is 11.0. The minimum absolute atomic E-state index is 0.202. The number of carboxylic acid groups (broad SMARTS) is 1. The average molecular weight is 218 g/mol. The van der Waals surface area contributed by atoms with Crippen LogP contribution in [0.3, 0.4) is 0 Å². The largest absolute Gasteiger partial charge is 0.480 e. The molecule has 0 saturated carbocycles. The molecular weight excluding hydrogens is 206 g/mol. The zero-order valence-corrected chi connectivity index (χ0v) is 8.75. The van der Waals surface area contributed by atoms with Crippen LogP contribution in [0.5, 0.6) is 0 Å². The van der Waals surface area contributed by atoms with Gasteiger partial charge >= 0.3 is 5.97 Å². The van der Waals surface area contributed by atoms with Gasteiger partial charge < -0.3 is 10.8 Å². The molecule has 0 spiro atoms. The van der Waals surface area contributed by atoms with Crippen molar-refractivity contribution in [1.82, 2.24) is 9.78 Å². The fourth-order valence-electron chi connectivity index (χ4n) is 1.21. The zero-order chi connectivity index (χ0) is 10.9. The predicted octanol–water partition coefficient (Wildman–Crippen LogP) is 0.336. The Bertz CT molecular complexity index is 362. The van der Waals surface area contributed by atoms with E-state index in [2.05, 4.69) is 5.10 Å². The summed E-state index contributed by atoms with van der Waals surface area (Å²) in [6.07, 6.45) is 0.202. The maximum absolute atomic E-state index is 10.5. The smallest absolute Gasteiger partial charge is 0.320 e. The Morgan fingerprint density at radius 2 is 2.36 bits per heavy atom. The third kappa shape index (κ3) is 2.05. The predicted molar refractivity (Wildman–Crippen MR) is 52.3 cm³/mol. The van der Waals surface area contributed by atoms with Gasteiger partial charge in [-0.15, -0.1) is 0 Å². The van der Waals surface area contributed by atoms with Gasteiger partial charge in [0.15, 0.2) is 0 Å². The molecule has 0 radical (unpaired) electrons. The van der Waals surface area contributed by atoms with E-state index in [0.29, 0.717) is 16.4 Å². The summed E-state index contributed by atoms with van der Waals surface area (Å²) in [4.78, 5) is 10.5. The molecule has 6 heteroatoms. The van der Waals surface area contributed by atoms with Crippen molar-refractivity contribution in [1.29, 1.82) is 0 Å². The summed E-state index contributed by atoms with van der Waals surface area (Å²) in [6.45, 7) is 1.77. The van der Waals surface area contributed by atoms with Crippen molar-refractivity contribution in [2.24, 2.45) is 12.8 Å². The lowest BCUT2D eigenvalue weighted by molar-refractivity contribution is -0.138. The number of aryl methyl sites for hydroxylation is 2. The lowest BCUT2D eigenvalue weighted by Crippen LogP contribution is -2.32. The second kappa shape index (κ2) is 3.98. The van der Waals surface area contributed by atoms with E-state index < -0.39 is 12.0 Å². The Hall–Kier alpha value is -1.07. The molecule has 5 nitrogen and oxygen atoms in total. The quantitative estimate of drug-likeness (QED) is 0.765. The molecule has 1 heterocycles. The summed E-state index contributed by atoms with van der Waals surface area (Å²) in [5.41, 5.74) is 6.82. The second-order valence-electron chi connectivity index (χ2n) is 3.13. The minimum Gasteiger partial charge on any atom is -0.480 e. The van der Waals surface area contributed by atoms with Gasteiger partial charge in [-0.25, -0.2) is 0 Å². The van der Waals surface area contributed by atoms with Crippen LogP contribution in [-0.2, 0) is 18.3 Å². The first-order valence-corrected chi connectivity index (χ1v) is 4.47. The highest BCUT2D eigenvalue weighted by molar-refractivity contribution is 6.30. The van der Waals surface area contributed by atoms with Crippen molar-refractivity contribution >= 4 is 17.6 Å². The van der Waals surface area contributed by atoms with Crippen LogP contribution in [-0.4, -0.2) is 26.9 Å². The number of nitrogens with zero attached hydrogens (tertiary/aromatic N) is 2. The highest BCUT2D eigenvalue weighted by Gasteiger charge is 2.18. The molecule has 78 valence electrons. The Morgan fingerprint density at radius 1 is 1.79 bits per heavy atom. The van der Waals surface area contributed by atoms with E-state index in [1.807, 2.05) is 0 Å². The average Bonchev–Trinajstić information content (AvgIpc) is 2.32. The lowest BCUT2D eigenvalue weighted by atomic mass is 10.1. The number of carbonyl (C=O) groups is 1. The number of hydrogen-bond donors (Lipinski definition) is 2. The highest BCUT2D eigenvalue weighted by Crippen LogP contribution is 2.19. The zero-order valence-electron chi connectivity index (χ0n) is 7.99. The minimum atomic E-state index is -1.04. The Balaban J connectivity index is 2.91. The molecule has 0 unspecified atom stereocenters. The maximum Gasteiger partial charge on any atom is 0.320 e. The van der Waals surface area contributed by atoms with E-state index in [9.17, 15) is 4.79 Å². The van der Waals surface area contributed by atoms with Gasteiger partial charge in [-0.3, -0.25) is 9.48 Å². The monoisotopic (exact) mass is 217 g/mol. The summed E-state index contributed by atoms with van der Waals surface area (Å²) in [5.74, 6) is -1.04. The van der Waals surface area contributed by atoms with Crippen LogP contribution in [0.4, 0.5) is 0 Å². The van der Waals surface area contributed by atoms with E-state index >= 15 is 0 Å². The standard InChI is InChI=1S/C8H12ClN3O2/c1-4-5(3-6(10)8(13)14)7(9)12(2)11-4/h6H,3,10H2,1-2H3,(H,13,14)/t6-/m0/s1. The SMILES string of the molecule is Cc1nn(C)c(Cl)c1C[C@H](N)C(=O)O. The van der Waals surface area contributed by atoms with Crippen molar-refractivity contribution in [3.05, 3.63) is 16.4 Å². The summed E-state index contributed by atoms with van der Waals surface area (Å²) in [5, 5.41) is 13.1. The number of aromatic nitrogens is 2. The van der Waals surface area contributed by atoms with E-state index in [1.165, 1.54) is 4.68 Å². The number of carboxylic acids is 1. The van der Waals surface area contributed by atoms with Gasteiger partial charge in [0.1, 0.15) is 11.2 Å². The topological polar surface area (TPSA) is 81.1 Å². The Morgan fingerprint density at radius 3 is 2.71 bits per heavy atom. The molecule has 0 aliphatic heterocycles. The van der Waals surface area contributed by atoms with Crippen LogP contribution in [0.25, 0.3) is 0 Å². The molecule has 0 fully saturated rings. The summed E-state index contributed by atoms with van der Waals surface area (Å²) in [6, 6.07) is -0.935. The van der Waals surface area contributed by atoms with E-state index in [0.717, 1.165) is 0 Å². The number of halogens is 1. The third-order valence-corrected chi connectivity index (χ3v) is 2.48. The van der Waals surface area contributed by atoms with Crippen LogP contribution in [0.1, 0.15) is 11.3 Å². The van der Waals surface area contributed by atoms with Gasteiger partial charge in [0, 0.05) is 19.0 Å². The molecule has 0 bridgehead atoms. The van der Waals surface area contributed by atoms with Crippen LogP contribution in [0, 0.1) is 6.92 Å². The second-order valence-corrected chi connectivity index (χ2v) is 3.49. The van der Waals surface area contributed by atoms with Crippen molar-refractivity contribution in [2.75, 3.05) is 0 Å². The molecule has 0 aliphatic rings. The fourth-order valence-corrected chi connectivity index (χ4v) is 1.46. The third-order valence-electron chi connectivity index (χ3n) is 2.01. The molecule has 0 amide bonds. The van der Waals surface area contributed by atoms with E-state index in [4.69, 9.17) is 22.4 Å². The van der Waals surface area contributed by atoms with Gasteiger partial charge in [0.05, 0.1) is 5.69 Å². The number of rotatable bonds is 3. The van der Waals surface area contributed by atoms with Crippen molar-refractivity contribution in [2.45, 2.75) is 19.4 Å². The molecule has 0 aliphatic carbocycles. The van der Waals surface area contributed by atoms with Crippen LogP contribution >= 0.6 is 11.6 Å². The maximum atomic E-state index is 10.5. The summed E-state index contributed by atoms with van der Waals surface area (Å²) in [7, 11) is 1.70. The number of hydrogen-bond acceptors (Lipinski definition) is 3. The number of nitrogens with two attached hydrogens (primary N) is 1. The van der Waals surface area contributed by atoms with Crippen LogP contribution < -0.4 is 5.73 Å². The van der Waals surface area contributed by atoms with Crippen LogP contribution in [0.15, 0.2) is 0 Å². The first-order valence-electron chi connectivity index (χ1n) is 4.09. The van der Waals surface area contributed by atoms with Crippen molar-refractivity contribution in [3.63, 3.8) is 0 Å². The Labute approximate surface area is 86.5 Å². The summed E-state index contributed by atoms with van der Waals surface area (Å²) >= 11 is 5.91. The lowest BCUT2D eigenvalue weighted by Gasteiger charge is -2.05. The molecule has 1 rings (SSSR count). The Kier molecular flexibility index (Phi) is 3.13. The summed E-state index contributed by atoms with van der Waals surface area (Å²) < 4.78 is 1.50. The van der Waals surface area contributed by atoms with E-state index in [-0.39, 0.29) is 6.42 Å². The van der Waals surface area contributed by atoms with Gasteiger partial charge in [0.25, 0.3) is 0 Å². The molecule has 1 atom stereocenters. The molecule has 1 aromatic rings. The fraction of sp³-hybridized carbons (Fsp3) is 0.500. The molecule has 0 saturated heterocycles. The molecule has 3 N–H and O–H groups in total. The van der Waals surface area contributed by atoms with Gasteiger partial charge in [-0.2, -0.15) is 5.10 Å². The first-order chi connectivity index (χ1) is 6.43. The molecule has 14 heavy (non-hydrogen) atoms. The highest BCUT2D eigenvalue weighted by atomic mass is 35.5. The van der Waals surface area contributed by atoms with Gasteiger partial charge in [-0.05, 0) is 6.92 Å². The van der Waals surface area contributed by atoms with Gasteiger partial charge in [0.2, 0.25) is 0 Å². The number of aliphatic carboxylic acids is 1. The van der Waals surface area contributed by atoms with Crippen molar-refractivity contribution in [3.8, 4) is 0 Å². The normalized spacial score (nSPS) is 12.9. The van der Waals surface area contributed by atoms with Crippen molar-refractivity contribution < 1.29 is 9.90 Å². The van der Waals surface area contributed by atoms with E-state index in [1.54, 1.807) is 14.0 Å². The molecular formula is C8H12ClN3O2. The molecule has 0 aromatic carbocycles.